The Balaban J connectivity index is 1.48. The van der Waals surface area contributed by atoms with Crippen LogP contribution in [0.15, 0.2) is 24.3 Å². The lowest BCUT2D eigenvalue weighted by molar-refractivity contribution is -0.123. The molecule has 0 radical (unpaired) electrons. The molecule has 0 aliphatic carbocycles. The molecule has 0 unspecified atom stereocenters. The first-order chi connectivity index (χ1) is 12.3. The van der Waals surface area contributed by atoms with Crippen molar-refractivity contribution in [3.05, 3.63) is 24.3 Å². The average Bonchev–Trinajstić information content (AvgIpc) is 2.88. The van der Waals surface area contributed by atoms with Gasteiger partial charge in [-0.1, -0.05) is 6.07 Å². The molecule has 1 N–H and O–H groups in total. The number of hydrogen-bond donors (Lipinski definition) is 1. The molecule has 0 spiro atoms. The van der Waals surface area contributed by atoms with Crippen LogP contribution >= 0.6 is 0 Å². The van der Waals surface area contributed by atoms with E-state index in [0.29, 0.717) is 13.0 Å². The summed E-state index contributed by atoms with van der Waals surface area (Å²) in [4.78, 5) is 16.7. The summed E-state index contributed by atoms with van der Waals surface area (Å²) in [5.41, 5.74) is 0.496. The van der Waals surface area contributed by atoms with Gasteiger partial charge in [0.25, 0.3) is 0 Å². The fraction of sp³-hybridized carbons (Fsp3) is 0.611. The molecule has 3 rings (SSSR count). The summed E-state index contributed by atoms with van der Waals surface area (Å²) in [5, 5.41) is 2.93. The summed E-state index contributed by atoms with van der Waals surface area (Å²) in [6.07, 6.45) is 0.491. The van der Waals surface area contributed by atoms with E-state index < -0.39 is 15.4 Å². The van der Waals surface area contributed by atoms with Crippen molar-refractivity contribution in [2.24, 2.45) is 0 Å². The quantitative estimate of drug-likeness (QED) is 0.801. The molecule has 2 aliphatic heterocycles. The SMILES string of the molecule is COc1cccc(N2CCN(CC(=O)N[C@@]3(C)CCS(=O)(=O)C3)CC2)c1. The Hall–Kier alpha value is -1.80. The maximum absolute atomic E-state index is 12.3. The Morgan fingerprint density at radius 1 is 1.27 bits per heavy atom. The van der Waals surface area contributed by atoms with E-state index in [1.165, 1.54) is 0 Å². The van der Waals surface area contributed by atoms with Crippen molar-refractivity contribution in [3.63, 3.8) is 0 Å². The monoisotopic (exact) mass is 381 g/mol. The number of amides is 1. The number of ether oxygens (including phenoxy) is 1. The smallest absolute Gasteiger partial charge is 0.234 e. The number of anilines is 1. The van der Waals surface area contributed by atoms with Crippen LogP contribution in [0.2, 0.25) is 0 Å². The minimum Gasteiger partial charge on any atom is -0.497 e. The fourth-order valence-corrected chi connectivity index (χ4v) is 5.75. The Labute approximate surface area is 155 Å². The predicted octanol–water partition coefficient (Wildman–Crippen LogP) is 0.511. The number of sulfone groups is 1. The minimum absolute atomic E-state index is 0.0371. The Morgan fingerprint density at radius 2 is 2.00 bits per heavy atom. The van der Waals surface area contributed by atoms with Crippen molar-refractivity contribution in [1.82, 2.24) is 10.2 Å². The van der Waals surface area contributed by atoms with Crippen molar-refractivity contribution in [3.8, 4) is 5.75 Å². The summed E-state index contributed by atoms with van der Waals surface area (Å²) in [6.45, 7) is 5.38. The largest absolute Gasteiger partial charge is 0.497 e. The van der Waals surface area contributed by atoms with Crippen LogP contribution in [0.25, 0.3) is 0 Å². The van der Waals surface area contributed by atoms with Gasteiger partial charge >= 0.3 is 0 Å². The lowest BCUT2D eigenvalue weighted by Crippen LogP contribution is -2.53. The third-order valence-electron chi connectivity index (χ3n) is 5.10. The standard InChI is InChI=1S/C18H27N3O4S/c1-18(6-11-26(23,24)14-18)19-17(22)13-20-7-9-21(10-8-20)15-4-3-5-16(12-15)25-2/h3-5,12H,6-11,13-14H2,1-2H3,(H,19,22)/t18-/m0/s1. The molecule has 144 valence electrons. The van der Waals surface area contributed by atoms with Crippen molar-refractivity contribution in [2.75, 3.05) is 56.2 Å². The molecule has 0 aromatic heterocycles. The molecule has 7 nitrogen and oxygen atoms in total. The zero-order valence-corrected chi connectivity index (χ0v) is 16.2. The molecule has 2 fully saturated rings. The van der Waals surface area contributed by atoms with Crippen LogP contribution < -0.4 is 15.0 Å². The molecule has 26 heavy (non-hydrogen) atoms. The minimum atomic E-state index is -3.02. The van der Waals surface area contributed by atoms with Gasteiger partial charge in [0.2, 0.25) is 5.91 Å². The number of carbonyl (C=O) groups excluding carboxylic acids is 1. The maximum Gasteiger partial charge on any atom is 0.234 e. The summed E-state index contributed by atoms with van der Waals surface area (Å²) in [6, 6.07) is 7.98. The van der Waals surface area contributed by atoms with Crippen LogP contribution in [-0.4, -0.2) is 76.1 Å². The molecule has 2 aliphatic rings. The summed E-state index contributed by atoms with van der Waals surface area (Å²) in [5.74, 6) is 0.932. The van der Waals surface area contributed by atoms with E-state index >= 15 is 0 Å². The summed E-state index contributed by atoms with van der Waals surface area (Å²) >= 11 is 0. The molecule has 8 heteroatoms. The molecular weight excluding hydrogens is 354 g/mol. The van der Waals surface area contributed by atoms with Crippen molar-refractivity contribution >= 4 is 21.4 Å². The summed E-state index contributed by atoms with van der Waals surface area (Å²) in [7, 11) is -1.36. The Kier molecular flexibility index (Phi) is 5.43. The van der Waals surface area contributed by atoms with Gasteiger partial charge in [-0.05, 0) is 25.5 Å². The van der Waals surface area contributed by atoms with E-state index in [4.69, 9.17) is 4.74 Å². The molecule has 0 saturated carbocycles. The first kappa shape index (κ1) is 19.0. The highest BCUT2D eigenvalue weighted by Crippen LogP contribution is 2.23. The number of benzene rings is 1. The zero-order chi connectivity index (χ0) is 18.8. The Morgan fingerprint density at radius 3 is 2.62 bits per heavy atom. The third-order valence-corrected chi connectivity index (χ3v) is 7.01. The molecule has 1 atom stereocenters. The lowest BCUT2D eigenvalue weighted by Gasteiger charge is -2.36. The van der Waals surface area contributed by atoms with Gasteiger partial charge in [-0.2, -0.15) is 0 Å². The average molecular weight is 381 g/mol. The van der Waals surface area contributed by atoms with Crippen LogP contribution in [0.4, 0.5) is 5.69 Å². The van der Waals surface area contributed by atoms with Crippen molar-refractivity contribution in [2.45, 2.75) is 18.9 Å². The van der Waals surface area contributed by atoms with Gasteiger partial charge in [-0.25, -0.2) is 8.42 Å². The van der Waals surface area contributed by atoms with Gasteiger partial charge in [0.05, 0.1) is 30.7 Å². The van der Waals surface area contributed by atoms with E-state index in [0.717, 1.165) is 37.6 Å². The molecule has 1 aromatic rings. The van der Waals surface area contributed by atoms with Crippen LogP contribution in [0, 0.1) is 0 Å². The van der Waals surface area contributed by atoms with E-state index in [1.807, 2.05) is 25.1 Å². The second-order valence-electron chi connectivity index (χ2n) is 7.42. The van der Waals surface area contributed by atoms with Crippen molar-refractivity contribution < 1.29 is 17.9 Å². The van der Waals surface area contributed by atoms with Gasteiger partial charge in [-0.3, -0.25) is 9.69 Å². The highest BCUT2D eigenvalue weighted by Gasteiger charge is 2.39. The van der Waals surface area contributed by atoms with Gasteiger partial charge in [-0.15, -0.1) is 0 Å². The molecule has 2 heterocycles. The van der Waals surface area contributed by atoms with Crippen LogP contribution in [0.3, 0.4) is 0 Å². The van der Waals surface area contributed by atoms with E-state index in [2.05, 4.69) is 21.2 Å². The number of nitrogens with one attached hydrogen (secondary N) is 1. The number of rotatable bonds is 5. The number of methoxy groups -OCH3 is 1. The summed E-state index contributed by atoms with van der Waals surface area (Å²) < 4.78 is 28.6. The topological polar surface area (TPSA) is 79.0 Å². The number of nitrogens with zero attached hydrogens (tertiary/aromatic N) is 2. The second kappa shape index (κ2) is 7.44. The number of carbonyl (C=O) groups is 1. The molecule has 1 aromatic carbocycles. The second-order valence-corrected chi connectivity index (χ2v) is 9.60. The highest BCUT2D eigenvalue weighted by atomic mass is 32.2. The maximum atomic E-state index is 12.3. The van der Waals surface area contributed by atoms with Gasteiger partial charge < -0.3 is 15.0 Å². The first-order valence-corrected chi connectivity index (χ1v) is 10.7. The van der Waals surface area contributed by atoms with Crippen molar-refractivity contribution in [1.29, 1.82) is 0 Å². The molecule has 0 bridgehead atoms. The zero-order valence-electron chi connectivity index (χ0n) is 15.4. The molecular formula is C18H27N3O4S. The lowest BCUT2D eigenvalue weighted by atomic mass is 10.0. The van der Waals surface area contributed by atoms with Crippen LogP contribution in [-0.2, 0) is 14.6 Å². The van der Waals surface area contributed by atoms with Crippen LogP contribution in [0.1, 0.15) is 13.3 Å². The van der Waals surface area contributed by atoms with Gasteiger partial charge in [0.1, 0.15) is 5.75 Å². The van der Waals surface area contributed by atoms with Gasteiger partial charge in [0, 0.05) is 37.9 Å². The van der Waals surface area contributed by atoms with E-state index in [-0.39, 0.29) is 17.4 Å². The normalized spacial score (nSPS) is 25.8. The predicted molar refractivity (Wildman–Crippen MR) is 101 cm³/mol. The van der Waals surface area contributed by atoms with E-state index in [1.54, 1.807) is 7.11 Å². The Bertz CT molecular complexity index is 759. The number of hydrogen-bond acceptors (Lipinski definition) is 6. The molecule has 1 amide bonds. The van der Waals surface area contributed by atoms with Gasteiger partial charge in [0.15, 0.2) is 9.84 Å². The molecule has 2 saturated heterocycles. The first-order valence-electron chi connectivity index (χ1n) is 8.91. The highest BCUT2D eigenvalue weighted by molar-refractivity contribution is 7.91. The third kappa shape index (κ3) is 4.67. The van der Waals surface area contributed by atoms with Crippen LogP contribution in [0.5, 0.6) is 5.75 Å². The van der Waals surface area contributed by atoms with E-state index in [9.17, 15) is 13.2 Å². The fourth-order valence-electron chi connectivity index (χ4n) is 3.66. The number of piperazine rings is 1.